The Balaban J connectivity index is 3.03. The van der Waals surface area contributed by atoms with Crippen molar-refractivity contribution in [1.29, 1.82) is 0 Å². The van der Waals surface area contributed by atoms with Crippen molar-refractivity contribution in [2.24, 2.45) is 11.7 Å². The maximum atomic E-state index is 13.6. The number of carbonyl (C=O) groups is 2. The minimum absolute atomic E-state index is 0.459. The molecule has 122 valence electrons. The molecule has 2 atom stereocenters. The summed E-state index contributed by atoms with van der Waals surface area (Å²) in [6, 6.07) is 0.138. The van der Waals surface area contributed by atoms with Gasteiger partial charge in [0.1, 0.15) is 11.9 Å². The highest BCUT2D eigenvalue weighted by molar-refractivity contribution is 5.76. The highest BCUT2D eigenvalue weighted by atomic mass is 19.4. The highest BCUT2D eigenvalue weighted by Gasteiger charge is 2.32. The van der Waals surface area contributed by atoms with E-state index in [9.17, 15) is 27.2 Å². The van der Waals surface area contributed by atoms with Crippen LogP contribution in [0.2, 0.25) is 0 Å². The Morgan fingerprint density at radius 1 is 1.18 bits per heavy atom. The molecule has 0 bridgehead atoms. The number of aliphatic carboxylic acids is 2. The third kappa shape index (κ3) is 4.69. The fraction of sp³-hybridized carbons (Fsp3) is 0.385. The van der Waals surface area contributed by atoms with Gasteiger partial charge in [-0.15, -0.1) is 0 Å². The Morgan fingerprint density at radius 3 is 2.23 bits per heavy atom. The van der Waals surface area contributed by atoms with Crippen LogP contribution < -0.4 is 5.73 Å². The number of hydrogen-bond donors (Lipinski definition) is 3. The van der Waals surface area contributed by atoms with Crippen LogP contribution in [0.4, 0.5) is 17.6 Å². The molecule has 0 spiro atoms. The third-order valence-corrected chi connectivity index (χ3v) is 3.04. The Morgan fingerprint density at radius 2 is 1.77 bits per heavy atom. The number of carboxylic acids is 2. The summed E-state index contributed by atoms with van der Waals surface area (Å²) < 4.78 is 51.3. The van der Waals surface area contributed by atoms with Gasteiger partial charge < -0.3 is 15.9 Å². The molecule has 2 unspecified atom stereocenters. The van der Waals surface area contributed by atoms with Gasteiger partial charge in [-0.2, -0.15) is 13.2 Å². The molecule has 0 aliphatic heterocycles. The lowest BCUT2D eigenvalue weighted by molar-refractivity contribution is -0.143. The Bertz CT molecular complexity index is 574. The van der Waals surface area contributed by atoms with E-state index >= 15 is 0 Å². The van der Waals surface area contributed by atoms with Crippen LogP contribution in [-0.2, 0) is 22.2 Å². The molecule has 1 aromatic rings. The predicted octanol–water partition coefficient (Wildman–Crippen LogP) is 1.89. The molecular formula is C13H13F4NO4. The summed E-state index contributed by atoms with van der Waals surface area (Å²) in [5.41, 5.74) is 3.64. The minimum atomic E-state index is -4.70. The van der Waals surface area contributed by atoms with E-state index in [1.165, 1.54) is 0 Å². The molecule has 0 heterocycles. The maximum absolute atomic E-state index is 13.6. The van der Waals surface area contributed by atoms with Crippen LogP contribution in [0, 0.1) is 11.7 Å². The molecule has 1 rings (SSSR count). The molecule has 0 aliphatic rings. The molecule has 0 fully saturated rings. The maximum Gasteiger partial charge on any atom is 0.416 e. The second-order valence-corrected chi connectivity index (χ2v) is 4.72. The van der Waals surface area contributed by atoms with E-state index in [2.05, 4.69) is 0 Å². The molecule has 0 amide bonds. The lowest BCUT2D eigenvalue weighted by Crippen LogP contribution is -2.35. The average Bonchev–Trinajstić information content (AvgIpc) is 2.38. The molecule has 4 N–H and O–H groups in total. The highest BCUT2D eigenvalue weighted by Crippen LogP contribution is 2.31. The van der Waals surface area contributed by atoms with Crippen LogP contribution in [0.1, 0.15) is 17.5 Å². The molecule has 1 aromatic carbocycles. The van der Waals surface area contributed by atoms with E-state index in [1.807, 2.05) is 0 Å². The molecule has 22 heavy (non-hydrogen) atoms. The van der Waals surface area contributed by atoms with E-state index in [0.717, 1.165) is 0 Å². The van der Waals surface area contributed by atoms with Gasteiger partial charge in [0, 0.05) is 0 Å². The number of nitrogens with two attached hydrogens (primary N) is 1. The van der Waals surface area contributed by atoms with E-state index < -0.39 is 59.9 Å². The van der Waals surface area contributed by atoms with Crippen LogP contribution in [0.3, 0.4) is 0 Å². The minimum Gasteiger partial charge on any atom is -0.481 e. The molecule has 5 nitrogen and oxygen atoms in total. The lowest BCUT2D eigenvalue weighted by atomic mass is 9.92. The van der Waals surface area contributed by atoms with Crippen LogP contribution >= 0.6 is 0 Å². The Kier molecular flexibility index (Phi) is 5.48. The standard InChI is InChI=1S/C13H13F4NO4/c14-9-2-1-8(13(15,16)17)4-6(9)3-7(11(19)20)5-10(18)12(21)22/h1-2,4,7,10H,3,5,18H2,(H,19,20)(H,21,22)/i14-1. The van der Waals surface area contributed by atoms with Crippen molar-refractivity contribution in [2.45, 2.75) is 25.1 Å². The van der Waals surface area contributed by atoms with Gasteiger partial charge in [-0.05, 0) is 36.6 Å². The number of rotatable bonds is 6. The van der Waals surface area contributed by atoms with Crippen molar-refractivity contribution in [3.63, 3.8) is 0 Å². The summed E-state index contributed by atoms with van der Waals surface area (Å²) >= 11 is 0. The number of benzene rings is 1. The van der Waals surface area contributed by atoms with Crippen LogP contribution in [0.5, 0.6) is 0 Å². The van der Waals surface area contributed by atoms with E-state index in [-0.39, 0.29) is 0 Å². The zero-order valence-corrected chi connectivity index (χ0v) is 11.1. The molecule has 0 aromatic heterocycles. The Hall–Kier alpha value is -2.16. The largest absolute Gasteiger partial charge is 0.481 e. The van der Waals surface area contributed by atoms with Gasteiger partial charge in [-0.3, -0.25) is 9.59 Å². The van der Waals surface area contributed by atoms with Gasteiger partial charge >= 0.3 is 18.1 Å². The van der Waals surface area contributed by atoms with Crippen molar-refractivity contribution in [2.75, 3.05) is 0 Å². The first-order chi connectivity index (χ1) is 10.0. The van der Waals surface area contributed by atoms with Crippen molar-refractivity contribution < 1.29 is 37.4 Å². The summed E-state index contributed by atoms with van der Waals surface area (Å²) in [5, 5.41) is 17.6. The smallest absolute Gasteiger partial charge is 0.416 e. The van der Waals surface area contributed by atoms with Gasteiger partial charge in [-0.25, -0.2) is 4.39 Å². The molecule has 9 heteroatoms. The van der Waals surface area contributed by atoms with Crippen LogP contribution in [0.15, 0.2) is 18.2 Å². The normalized spacial score (nSPS) is 14.4. The lowest BCUT2D eigenvalue weighted by Gasteiger charge is -2.16. The van der Waals surface area contributed by atoms with Crippen molar-refractivity contribution in [3.8, 4) is 0 Å². The molecular weight excluding hydrogens is 309 g/mol. The fourth-order valence-electron chi connectivity index (χ4n) is 1.85. The fourth-order valence-corrected chi connectivity index (χ4v) is 1.85. The SMILES string of the molecule is NC(CC(Cc1cc(C(F)(F)F)ccc1[18F])C(=O)O)C(=O)O. The zero-order valence-electron chi connectivity index (χ0n) is 11.1. The van der Waals surface area contributed by atoms with Crippen molar-refractivity contribution in [3.05, 3.63) is 35.1 Å². The molecule has 0 saturated carbocycles. The molecule has 0 saturated heterocycles. The monoisotopic (exact) mass is 322 g/mol. The first kappa shape index (κ1) is 17.9. The topological polar surface area (TPSA) is 101 Å². The number of halogens is 4. The first-order valence-corrected chi connectivity index (χ1v) is 6.09. The first-order valence-electron chi connectivity index (χ1n) is 6.09. The summed E-state index contributed by atoms with van der Waals surface area (Å²) in [5.74, 6) is -5.32. The molecule has 0 radical (unpaired) electrons. The van der Waals surface area contributed by atoms with Gasteiger partial charge in [-0.1, -0.05) is 0 Å². The zero-order chi connectivity index (χ0) is 17.1. The van der Waals surface area contributed by atoms with Crippen molar-refractivity contribution in [1.82, 2.24) is 0 Å². The second kappa shape index (κ2) is 6.73. The summed E-state index contributed by atoms with van der Waals surface area (Å²) in [4.78, 5) is 21.7. The van der Waals surface area contributed by atoms with E-state index in [0.29, 0.717) is 18.2 Å². The van der Waals surface area contributed by atoms with Crippen LogP contribution in [0.25, 0.3) is 0 Å². The quantitative estimate of drug-likeness (QED) is 0.694. The second-order valence-electron chi connectivity index (χ2n) is 4.72. The summed E-state index contributed by atoms with van der Waals surface area (Å²) in [7, 11) is 0. The predicted molar refractivity (Wildman–Crippen MR) is 66.5 cm³/mol. The van der Waals surface area contributed by atoms with Gasteiger partial charge in [0.15, 0.2) is 0 Å². The number of carboxylic acid groups (broad SMARTS) is 2. The van der Waals surface area contributed by atoms with Gasteiger partial charge in [0.25, 0.3) is 0 Å². The Labute approximate surface area is 122 Å². The average molecular weight is 322 g/mol. The van der Waals surface area contributed by atoms with Crippen LogP contribution in [-0.4, -0.2) is 28.2 Å². The number of hydrogen-bond acceptors (Lipinski definition) is 3. The van der Waals surface area contributed by atoms with E-state index in [4.69, 9.17) is 15.9 Å². The number of alkyl halides is 3. The van der Waals surface area contributed by atoms with Gasteiger partial charge in [0.2, 0.25) is 0 Å². The molecule has 0 aliphatic carbocycles. The third-order valence-electron chi connectivity index (χ3n) is 3.04. The van der Waals surface area contributed by atoms with Gasteiger partial charge in [0.05, 0.1) is 11.5 Å². The summed E-state index contributed by atoms with van der Waals surface area (Å²) in [6.45, 7) is 0. The van der Waals surface area contributed by atoms with E-state index in [1.54, 1.807) is 0 Å². The van der Waals surface area contributed by atoms with Crippen molar-refractivity contribution >= 4 is 11.9 Å². The summed E-state index contributed by atoms with van der Waals surface area (Å²) in [6.07, 6.45) is -5.81.